The lowest BCUT2D eigenvalue weighted by Gasteiger charge is -2.24. The van der Waals surface area contributed by atoms with Gasteiger partial charge in [-0.2, -0.15) is 0 Å². The van der Waals surface area contributed by atoms with Crippen molar-refractivity contribution in [1.29, 1.82) is 0 Å². The third kappa shape index (κ3) is 24.7. The van der Waals surface area contributed by atoms with Crippen molar-refractivity contribution in [2.75, 3.05) is 26.7 Å². The third-order valence-electron chi connectivity index (χ3n) is 4.89. The standard InChI is InChI=1S/C13H27N3O2.C10H14O.C7H10.C2H6/c1-5-14-13(16(4)6-2)12(10-17)15-9-7-8-11(3)18;1-3-9(2)11-10-7-5-4-6-8-10;1-3-5-7-6-4-2;1-2/h10-11,14-15,18H,5-9H2,1-4H3;4-9H,3H2,1-2H3;3-7H,1H2,2H3;1-2H3/b13-12+;;6-4-,7-5-;. The molecule has 0 aromatic heterocycles. The Balaban J connectivity index is -0.000000518. The van der Waals surface area contributed by atoms with E-state index in [0.717, 1.165) is 50.2 Å². The van der Waals surface area contributed by atoms with Crippen molar-refractivity contribution < 1.29 is 14.6 Å². The summed E-state index contributed by atoms with van der Waals surface area (Å²) in [6.45, 7) is 21.8. The minimum Gasteiger partial charge on any atom is -0.491 e. The van der Waals surface area contributed by atoms with E-state index in [0.29, 0.717) is 18.3 Å². The lowest BCUT2D eigenvalue weighted by Crippen LogP contribution is -2.34. The van der Waals surface area contributed by atoms with E-state index in [-0.39, 0.29) is 6.10 Å². The predicted octanol–water partition coefficient (Wildman–Crippen LogP) is 6.86. The van der Waals surface area contributed by atoms with Gasteiger partial charge >= 0.3 is 0 Å². The Morgan fingerprint density at radius 2 is 1.71 bits per heavy atom. The molecule has 6 nitrogen and oxygen atoms in total. The second-order valence-electron chi connectivity index (χ2n) is 8.14. The van der Waals surface area contributed by atoms with E-state index in [1.807, 2.05) is 101 Å². The van der Waals surface area contributed by atoms with E-state index < -0.39 is 0 Å². The molecule has 1 rings (SSSR count). The lowest BCUT2D eigenvalue weighted by atomic mass is 10.2. The molecule has 38 heavy (non-hydrogen) atoms. The molecule has 0 saturated heterocycles. The number of aldehydes is 1. The monoisotopic (exact) mass is 531 g/mol. The zero-order valence-corrected chi connectivity index (χ0v) is 25.7. The molecule has 0 aliphatic rings. The van der Waals surface area contributed by atoms with E-state index in [1.165, 1.54) is 0 Å². The maximum absolute atomic E-state index is 11.1. The molecule has 0 heterocycles. The molecule has 3 N–H and O–H groups in total. The Labute approximate surface area is 234 Å². The highest BCUT2D eigenvalue weighted by Crippen LogP contribution is 2.11. The van der Waals surface area contributed by atoms with Crippen LogP contribution in [0.1, 0.15) is 74.7 Å². The van der Waals surface area contributed by atoms with Crippen LogP contribution in [0.3, 0.4) is 0 Å². The summed E-state index contributed by atoms with van der Waals surface area (Å²) in [5.74, 6) is 1.79. The zero-order chi connectivity index (χ0) is 29.6. The maximum Gasteiger partial charge on any atom is 0.169 e. The highest BCUT2D eigenvalue weighted by Gasteiger charge is 2.09. The quantitative estimate of drug-likeness (QED) is 0.0993. The van der Waals surface area contributed by atoms with Crippen LogP contribution < -0.4 is 15.4 Å². The number of para-hydroxylation sites is 1. The van der Waals surface area contributed by atoms with E-state index in [9.17, 15) is 4.79 Å². The summed E-state index contributed by atoms with van der Waals surface area (Å²) in [6, 6.07) is 9.91. The predicted molar refractivity (Wildman–Crippen MR) is 166 cm³/mol. The molecule has 0 radical (unpaired) electrons. The summed E-state index contributed by atoms with van der Waals surface area (Å²) in [5, 5.41) is 15.5. The summed E-state index contributed by atoms with van der Waals surface area (Å²) in [7, 11) is 1.94. The minimum atomic E-state index is -0.290. The molecule has 0 aliphatic heterocycles. The number of aliphatic hydroxyl groups is 1. The van der Waals surface area contributed by atoms with Gasteiger partial charge in [0, 0.05) is 26.7 Å². The molecule has 0 bridgehead atoms. The van der Waals surface area contributed by atoms with Crippen LogP contribution in [-0.2, 0) is 4.79 Å². The van der Waals surface area contributed by atoms with Crippen molar-refractivity contribution in [2.45, 2.75) is 86.9 Å². The maximum atomic E-state index is 11.1. The van der Waals surface area contributed by atoms with Crippen LogP contribution in [0.25, 0.3) is 0 Å². The van der Waals surface area contributed by atoms with Crippen molar-refractivity contribution in [1.82, 2.24) is 15.5 Å². The van der Waals surface area contributed by atoms with Gasteiger partial charge in [-0.25, -0.2) is 0 Å². The van der Waals surface area contributed by atoms with Gasteiger partial charge in [0.2, 0.25) is 0 Å². The van der Waals surface area contributed by atoms with Crippen LogP contribution in [0.5, 0.6) is 5.75 Å². The highest BCUT2D eigenvalue weighted by atomic mass is 16.5. The molecule has 0 aliphatic carbocycles. The summed E-state index contributed by atoms with van der Waals surface area (Å²) in [4.78, 5) is 13.1. The van der Waals surface area contributed by atoms with Crippen LogP contribution >= 0.6 is 0 Å². The van der Waals surface area contributed by atoms with Gasteiger partial charge in [0.25, 0.3) is 0 Å². The smallest absolute Gasteiger partial charge is 0.169 e. The molecule has 2 unspecified atom stereocenters. The molecule has 218 valence electrons. The zero-order valence-electron chi connectivity index (χ0n) is 25.7. The average Bonchev–Trinajstić information content (AvgIpc) is 2.94. The van der Waals surface area contributed by atoms with Gasteiger partial charge in [-0.05, 0) is 66.0 Å². The van der Waals surface area contributed by atoms with Gasteiger partial charge in [-0.15, -0.1) is 0 Å². The van der Waals surface area contributed by atoms with Crippen molar-refractivity contribution in [3.05, 3.63) is 78.8 Å². The summed E-state index contributed by atoms with van der Waals surface area (Å²) >= 11 is 0. The first-order valence-electron chi connectivity index (χ1n) is 14.0. The summed E-state index contributed by atoms with van der Waals surface area (Å²) in [5.41, 5.74) is 0.576. The summed E-state index contributed by atoms with van der Waals surface area (Å²) < 4.78 is 5.56. The molecule has 1 aromatic rings. The second-order valence-corrected chi connectivity index (χ2v) is 8.14. The molecular formula is C32H57N3O3. The Bertz CT molecular complexity index is 744. The second kappa shape index (κ2) is 30.2. The van der Waals surface area contributed by atoms with Crippen molar-refractivity contribution >= 4 is 6.29 Å². The first kappa shape index (κ1) is 39.5. The average molecular weight is 532 g/mol. The van der Waals surface area contributed by atoms with Gasteiger partial charge in [0.15, 0.2) is 6.29 Å². The number of benzene rings is 1. The number of hydrogen-bond donors (Lipinski definition) is 3. The van der Waals surface area contributed by atoms with Gasteiger partial charge in [-0.1, -0.05) is 75.9 Å². The Hall–Kier alpha value is -2.99. The van der Waals surface area contributed by atoms with Crippen LogP contribution in [0, 0.1) is 0 Å². The molecule has 6 heteroatoms. The SMILES string of the molecule is C=C/C=C\C=C/C.CC.CCC(C)Oc1ccccc1.CCN/C(=C(/C=O)NCCCC(C)O)N(C)CC. The van der Waals surface area contributed by atoms with Gasteiger partial charge in [-0.3, -0.25) is 4.79 Å². The molecule has 2 atom stereocenters. The number of nitrogens with one attached hydrogen (secondary N) is 2. The van der Waals surface area contributed by atoms with E-state index >= 15 is 0 Å². The minimum absolute atomic E-state index is 0.290. The van der Waals surface area contributed by atoms with Gasteiger partial charge in [0.1, 0.15) is 17.3 Å². The molecule has 0 spiro atoms. The molecular weight excluding hydrogens is 474 g/mol. The fourth-order valence-electron chi connectivity index (χ4n) is 2.63. The van der Waals surface area contributed by atoms with Crippen molar-refractivity contribution in [3.63, 3.8) is 0 Å². The fourth-order valence-corrected chi connectivity index (χ4v) is 2.63. The first-order valence-corrected chi connectivity index (χ1v) is 14.0. The number of aliphatic hydroxyl groups excluding tert-OH is 1. The van der Waals surface area contributed by atoms with Crippen LogP contribution in [-0.4, -0.2) is 55.2 Å². The van der Waals surface area contributed by atoms with Crippen LogP contribution in [0.15, 0.2) is 78.8 Å². The topological polar surface area (TPSA) is 73.8 Å². The molecule has 0 fully saturated rings. The lowest BCUT2D eigenvalue weighted by molar-refractivity contribution is -0.105. The Kier molecular flexibility index (Phi) is 31.4. The van der Waals surface area contributed by atoms with Crippen molar-refractivity contribution in [3.8, 4) is 5.75 Å². The largest absolute Gasteiger partial charge is 0.491 e. The van der Waals surface area contributed by atoms with Gasteiger partial charge < -0.3 is 25.4 Å². The third-order valence-corrected chi connectivity index (χ3v) is 4.89. The van der Waals surface area contributed by atoms with Crippen molar-refractivity contribution in [2.24, 2.45) is 0 Å². The first-order chi connectivity index (χ1) is 18.3. The number of carbonyl (C=O) groups excluding carboxylic acids is 1. The molecule has 0 amide bonds. The van der Waals surface area contributed by atoms with E-state index in [4.69, 9.17) is 9.84 Å². The normalized spacial score (nSPS) is 12.3. The Morgan fingerprint density at radius 1 is 1.08 bits per heavy atom. The van der Waals surface area contributed by atoms with E-state index in [2.05, 4.69) is 31.1 Å². The fraction of sp³-hybridized carbons (Fsp3) is 0.531. The van der Waals surface area contributed by atoms with Gasteiger partial charge in [0.05, 0.1) is 12.2 Å². The highest BCUT2D eigenvalue weighted by molar-refractivity contribution is 5.73. The number of nitrogens with zero attached hydrogens (tertiary/aromatic N) is 1. The van der Waals surface area contributed by atoms with Crippen LogP contribution in [0.4, 0.5) is 0 Å². The molecule has 1 aromatic carbocycles. The van der Waals surface area contributed by atoms with E-state index in [1.54, 1.807) is 13.0 Å². The number of carbonyl (C=O) groups is 1. The summed E-state index contributed by atoms with van der Waals surface area (Å²) in [6.07, 6.45) is 13.0. The number of hydrogen-bond acceptors (Lipinski definition) is 6. The Morgan fingerprint density at radius 3 is 2.16 bits per heavy atom. The number of rotatable bonds is 15. The molecule has 0 saturated carbocycles. The number of allylic oxidation sites excluding steroid dienone is 6. The number of ether oxygens (including phenoxy) is 1. The van der Waals surface area contributed by atoms with Crippen LogP contribution in [0.2, 0.25) is 0 Å².